The van der Waals surface area contributed by atoms with Crippen LogP contribution in [0.5, 0.6) is 0 Å². The molecule has 0 aliphatic heterocycles. The summed E-state index contributed by atoms with van der Waals surface area (Å²) in [6.07, 6.45) is 1.19. The first kappa shape index (κ1) is 20.7. The van der Waals surface area contributed by atoms with Gasteiger partial charge in [-0.05, 0) is 24.6 Å². The van der Waals surface area contributed by atoms with E-state index in [1.807, 2.05) is 0 Å². The van der Waals surface area contributed by atoms with Gasteiger partial charge in [0.2, 0.25) is 15.9 Å². The smallest absolute Gasteiger partial charge is 0.271 e. The van der Waals surface area contributed by atoms with Crippen molar-refractivity contribution in [2.75, 3.05) is 15.9 Å². The van der Waals surface area contributed by atoms with Gasteiger partial charge in [-0.25, -0.2) is 8.42 Å². The Morgan fingerprint density at radius 1 is 1.26 bits per heavy atom. The van der Waals surface area contributed by atoms with Gasteiger partial charge in [0.1, 0.15) is 6.04 Å². The molecule has 2 rings (SSSR count). The number of benzene rings is 2. The number of nitrogens with one attached hydrogen (secondary N) is 1. The number of non-ortho nitro benzene ring substituents is 1. The van der Waals surface area contributed by atoms with Crippen molar-refractivity contribution in [1.29, 1.82) is 0 Å². The Morgan fingerprint density at radius 3 is 2.41 bits per heavy atom. The van der Waals surface area contributed by atoms with Gasteiger partial charge in [0.15, 0.2) is 0 Å². The second-order valence-corrected chi connectivity index (χ2v) is 8.00. The van der Waals surface area contributed by atoms with E-state index in [4.69, 9.17) is 11.6 Å². The predicted molar refractivity (Wildman–Crippen MR) is 105 cm³/mol. The van der Waals surface area contributed by atoms with E-state index in [2.05, 4.69) is 5.32 Å². The van der Waals surface area contributed by atoms with Gasteiger partial charge in [-0.15, -0.1) is 0 Å². The lowest BCUT2D eigenvalue weighted by Gasteiger charge is -2.30. The molecule has 1 amide bonds. The average molecular weight is 412 g/mol. The molecule has 0 aromatic heterocycles. The van der Waals surface area contributed by atoms with E-state index in [9.17, 15) is 23.3 Å². The van der Waals surface area contributed by atoms with Gasteiger partial charge in [0, 0.05) is 12.1 Å². The highest BCUT2D eigenvalue weighted by atomic mass is 35.5. The molecule has 2 aromatic rings. The van der Waals surface area contributed by atoms with Crippen LogP contribution in [0.4, 0.5) is 17.1 Å². The Labute approximate surface area is 162 Å². The number of hydrogen-bond acceptors (Lipinski definition) is 5. The molecule has 0 saturated carbocycles. The van der Waals surface area contributed by atoms with Gasteiger partial charge in [-0.3, -0.25) is 19.2 Å². The fourth-order valence-corrected chi connectivity index (χ4v) is 3.95. The topological polar surface area (TPSA) is 110 Å². The normalized spacial score (nSPS) is 12.3. The highest BCUT2D eigenvalue weighted by Crippen LogP contribution is 2.28. The molecule has 1 N–H and O–H groups in total. The molecule has 1 unspecified atom stereocenters. The van der Waals surface area contributed by atoms with Gasteiger partial charge in [0.05, 0.1) is 27.6 Å². The van der Waals surface area contributed by atoms with Crippen LogP contribution in [0.1, 0.15) is 13.3 Å². The summed E-state index contributed by atoms with van der Waals surface area (Å²) in [5.41, 5.74) is 0.133. The van der Waals surface area contributed by atoms with Gasteiger partial charge >= 0.3 is 0 Å². The third-order valence-electron chi connectivity index (χ3n) is 3.76. The second kappa shape index (κ2) is 8.36. The summed E-state index contributed by atoms with van der Waals surface area (Å²) >= 11 is 6.01. The molecule has 0 heterocycles. The molecule has 8 nitrogen and oxygen atoms in total. The third-order valence-corrected chi connectivity index (χ3v) is 5.27. The van der Waals surface area contributed by atoms with Crippen LogP contribution in [-0.4, -0.2) is 31.5 Å². The molecule has 0 aliphatic carbocycles. The molecular formula is C17H18ClN3O5S. The summed E-state index contributed by atoms with van der Waals surface area (Å²) in [5.74, 6) is -0.644. The fraction of sp³-hybridized carbons (Fsp3) is 0.235. The lowest BCUT2D eigenvalue weighted by molar-refractivity contribution is -0.384. The largest absolute Gasteiger partial charge is 0.323 e. The van der Waals surface area contributed by atoms with Gasteiger partial charge in [0.25, 0.3) is 5.69 Å². The third kappa shape index (κ3) is 4.95. The maximum absolute atomic E-state index is 12.8. The summed E-state index contributed by atoms with van der Waals surface area (Å²) in [4.78, 5) is 23.1. The van der Waals surface area contributed by atoms with Crippen molar-refractivity contribution in [2.45, 2.75) is 19.4 Å². The van der Waals surface area contributed by atoms with Crippen LogP contribution in [0.2, 0.25) is 5.02 Å². The number of carbonyl (C=O) groups is 1. The van der Waals surface area contributed by atoms with Crippen molar-refractivity contribution in [1.82, 2.24) is 0 Å². The number of hydrogen-bond donors (Lipinski definition) is 1. The Morgan fingerprint density at radius 2 is 1.89 bits per heavy atom. The minimum Gasteiger partial charge on any atom is -0.323 e. The van der Waals surface area contributed by atoms with Crippen LogP contribution in [0, 0.1) is 10.1 Å². The number of rotatable bonds is 7. The first-order chi connectivity index (χ1) is 12.6. The standard InChI is InChI=1S/C17H18ClN3O5S/c1-3-16(20(27(2,25)26)12-7-5-4-6-8-12)17(22)19-15-11-13(21(23)24)9-10-14(15)18/h4-11,16H,3H2,1-2H3,(H,19,22). The van der Waals surface area contributed by atoms with Crippen LogP contribution in [0.25, 0.3) is 0 Å². The number of amides is 1. The number of nitro groups is 1. The molecule has 0 saturated heterocycles. The first-order valence-corrected chi connectivity index (χ1v) is 10.2. The van der Waals surface area contributed by atoms with Crippen LogP contribution >= 0.6 is 11.6 Å². The summed E-state index contributed by atoms with van der Waals surface area (Å²) in [7, 11) is -3.77. The lowest BCUT2D eigenvalue weighted by Crippen LogP contribution is -2.47. The molecule has 0 fully saturated rings. The zero-order valence-electron chi connectivity index (χ0n) is 14.6. The molecule has 2 aromatic carbocycles. The second-order valence-electron chi connectivity index (χ2n) is 5.73. The lowest BCUT2D eigenvalue weighted by atomic mass is 10.1. The molecule has 0 spiro atoms. The monoisotopic (exact) mass is 411 g/mol. The van der Waals surface area contributed by atoms with Crippen molar-refractivity contribution in [3.8, 4) is 0 Å². The highest BCUT2D eigenvalue weighted by Gasteiger charge is 2.31. The van der Waals surface area contributed by atoms with Crippen LogP contribution < -0.4 is 9.62 Å². The number of sulfonamides is 1. The average Bonchev–Trinajstić information content (AvgIpc) is 2.60. The van der Waals surface area contributed by atoms with Crippen molar-refractivity contribution in [3.63, 3.8) is 0 Å². The molecule has 0 aliphatic rings. The number of nitrogens with zero attached hydrogens (tertiary/aromatic N) is 2. The van der Waals surface area contributed by atoms with Gasteiger partial charge < -0.3 is 5.32 Å². The number of para-hydroxylation sites is 1. The molecule has 27 heavy (non-hydrogen) atoms. The predicted octanol–water partition coefficient (Wildman–Crippen LogP) is 3.43. The maximum Gasteiger partial charge on any atom is 0.271 e. The molecule has 0 radical (unpaired) electrons. The van der Waals surface area contributed by atoms with Gasteiger partial charge in [-0.1, -0.05) is 36.7 Å². The van der Waals surface area contributed by atoms with E-state index in [0.29, 0.717) is 5.69 Å². The summed E-state index contributed by atoms with van der Waals surface area (Å²) in [6, 6.07) is 10.8. The first-order valence-electron chi connectivity index (χ1n) is 7.94. The minimum absolute atomic E-state index is 0.0378. The quantitative estimate of drug-likeness (QED) is 0.554. The van der Waals surface area contributed by atoms with Gasteiger partial charge in [-0.2, -0.15) is 0 Å². The van der Waals surface area contributed by atoms with E-state index < -0.39 is 26.9 Å². The SMILES string of the molecule is CCC(C(=O)Nc1cc([N+](=O)[O-])ccc1Cl)N(c1ccccc1)S(C)(=O)=O. The number of nitro benzene ring substituents is 1. The van der Waals surface area contributed by atoms with E-state index in [0.717, 1.165) is 16.6 Å². The van der Waals surface area contributed by atoms with E-state index in [1.54, 1.807) is 37.3 Å². The Balaban J connectivity index is 2.40. The Bertz CT molecular complexity index is 950. The van der Waals surface area contributed by atoms with Crippen molar-refractivity contribution < 1.29 is 18.1 Å². The number of carbonyl (C=O) groups excluding carboxylic acids is 1. The molecule has 144 valence electrons. The van der Waals surface area contributed by atoms with Crippen molar-refractivity contribution in [3.05, 3.63) is 63.7 Å². The fourth-order valence-electron chi connectivity index (χ4n) is 2.57. The van der Waals surface area contributed by atoms with Crippen LogP contribution in [-0.2, 0) is 14.8 Å². The summed E-state index contributed by atoms with van der Waals surface area (Å²) in [6.45, 7) is 1.67. The molecular weight excluding hydrogens is 394 g/mol. The van der Waals surface area contributed by atoms with Crippen LogP contribution in [0.3, 0.4) is 0 Å². The zero-order valence-corrected chi connectivity index (χ0v) is 16.2. The Kier molecular flexibility index (Phi) is 6.40. The van der Waals surface area contributed by atoms with Crippen molar-refractivity contribution in [2.24, 2.45) is 0 Å². The number of halogens is 1. The van der Waals surface area contributed by atoms with E-state index >= 15 is 0 Å². The molecule has 1 atom stereocenters. The highest BCUT2D eigenvalue weighted by molar-refractivity contribution is 7.92. The summed E-state index contributed by atoms with van der Waals surface area (Å²) < 4.78 is 25.7. The minimum atomic E-state index is -3.77. The van der Waals surface area contributed by atoms with E-state index in [1.165, 1.54) is 12.1 Å². The van der Waals surface area contributed by atoms with Crippen molar-refractivity contribution >= 4 is 44.6 Å². The molecule has 10 heteroatoms. The zero-order chi connectivity index (χ0) is 20.2. The molecule has 0 bridgehead atoms. The number of anilines is 2. The van der Waals surface area contributed by atoms with E-state index in [-0.39, 0.29) is 22.8 Å². The Hall–Kier alpha value is -2.65. The summed E-state index contributed by atoms with van der Waals surface area (Å²) in [5, 5.41) is 13.5. The maximum atomic E-state index is 12.8. The van der Waals surface area contributed by atoms with Crippen LogP contribution in [0.15, 0.2) is 48.5 Å².